The van der Waals surface area contributed by atoms with Crippen molar-refractivity contribution in [1.29, 1.82) is 0 Å². The molecule has 0 amide bonds. The van der Waals surface area contributed by atoms with Crippen LogP contribution < -0.4 is 0 Å². The third-order valence-corrected chi connectivity index (χ3v) is 17.5. The van der Waals surface area contributed by atoms with E-state index in [1.807, 2.05) is 0 Å². The molecule has 0 bridgehead atoms. The first-order valence-corrected chi connectivity index (χ1v) is 17.0. The molecule has 6 heteroatoms. The minimum absolute atomic E-state index is 0.668. The van der Waals surface area contributed by atoms with Gasteiger partial charge in [-0.3, -0.25) is 0 Å². The van der Waals surface area contributed by atoms with Crippen LogP contribution in [0.3, 0.4) is 0 Å². The van der Waals surface area contributed by atoms with Crippen molar-refractivity contribution in [2.24, 2.45) is 0 Å². The van der Waals surface area contributed by atoms with E-state index in [0.29, 0.717) is 19.8 Å². The summed E-state index contributed by atoms with van der Waals surface area (Å²) in [5.41, 5.74) is 2.27. The quantitative estimate of drug-likeness (QED) is 0.242. The van der Waals surface area contributed by atoms with Crippen molar-refractivity contribution < 1.29 is 13.3 Å². The Labute approximate surface area is 190 Å². The summed E-state index contributed by atoms with van der Waals surface area (Å²) < 4.78 is 21.5. The molecule has 0 spiro atoms. The molecule has 0 saturated heterocycles. The molecule has 1 rings (SSSR count). The van der Waals surface area contributed by atoms with Crippen LogP contribution in [0.4, 0.5) is 0 Å². The summed E-state index contributed by atoms with van der Waals surface area (Å²) in [6.07, 6.45) is 8.09. The lowest BCUT2D eigenvalue weighted by Gasteiger charge is -2.55. The van der Waals surface area contributed by atoms with Gasteiger partial charge >= 0.3 is 8.80 Å². The molecule has 0 aromatic carbocycles. The molecule has 0 heterocycles. The normalized spacial score (nSPS) is 17.1. The second-order valence-electron chi connectivity index (χ2n) is 9.92. The van der Waals surface area contributed by atoms with Gasteiger partial charge in [-0.2, -0.15) is 0 Å². The van der Waals surface area contributed by atoms with Crippen LogP contribution >= 0.6 is 0 Å². The van der Waals surface area contributed by atoms with Crippen LogP contribution in [0.1, 0.15) is 101 Å². The Morgan fingerprint density at radius 3 is 1.53 bits per heavy atom. The first-order valence-electron chi connectivity index (χ1n) is 12.9. The van der Waals surface area contributed by atoms with Gasteiger partial charge in [0.2, 0.25) is 0 Å². The predicted molar refractivity (Wildman–Crippen MR) is 135 cm³/mol. The Morgan fingerprint density at radius 1 is 0.733 bits per heavy atom. The molecule has 0 unspecified atom stereocenters. The van der Waals surface area contributed by atoms with Crippen molar-refractivity contribution in [3.63, 3.8) is 0 Å². The fraction of sp³-hybridized carbons (Fsp3) is 1.00. The second-order valence-corrected chi connectivity index (χ2v) is 18.5. The topological polar surface area (TPSA) is 30.9 Å². The Hall–Kier alpha value is 0.274. The SMILES string of the molecule is CCO[Si](CCCN(C1CCCCC1)[Si](C(C)C)(C(C)C)C(C)C)(OCC)OCC. The standard InChI is InChI=1S/C24H53NO3Si2/c1-10-26-29(27-11-2,28-12-3)20-16-19-25(24-17-14-13-15-18-24)30(21(4)5,22(6)7)23(8)9/h21-24H,10-20H2,1-9H3. The number of hydrogen-bond acceptors (Lipinski definition) is 4. The van der Waals surface area contributed by atoms with E-state index < -0.39 is 17.0 Å². The maximum Gasteiger partial charge on any atom is 0.500 e. The average molecular weight is 460 g/mol. The molecular weight excluding hydrogens is 406 g/mol. The van der Waals surface area contributed by atoms with Crippen molar-refractivity contribution >= 4 is 17.0 Å². The van der Waals surface area contributed by atoms with Crippen molar-refractivity contribution in [3.8, 4) is 0 Å². The highest BCUT2D eigenvalue weighted by molar-refractivity contribution is 6.81. The Morgan fingerprint density at radius 2 is 1.17 bits per heavy atom. The van der Waals surface area contributed by atoms with Gasteiger partial charge in [-0.1, -0.05) is 60.8 Å². The minimum Gasteiger partial charge on any atom is -0.374 e. The van der Waals surface area contributed by atoms with Crippen LogP contribution in [-0.2, 0) is 13.3 Å². The highest BCUT2D eigenvalue weighted by Gasteiger charge is 2.50. The van der Waals surface area contributed by atoms with E-state index in [1.54, 1.807) is 0 Å². The molecular formula is C24H53NO3Si2. The number of hydrogen-bond donors (Lipinski definition) is 0. The molecule has 0 aliphatic heterocycles. The van der Waals surface area contributed by atoms with Gasteiger partial charge in [0.05, 0.1) is 0 Å². The summed E-state index contributed by atoms with van der Waals surface area (Å²) >= 11 is 0. The zero-order valence-electron chi connectivity index (χ0n) is 21.8. The average Bonchev–Trinajstić information content (AvgIpc) is 2.67. The zero-order valence-corrected chi connectivity index (χ0v) is 23.8. The third kappa shape index (κ3) is 6.88. The molecule has 0 atom stereocenters. The van der Waals surface area contributed by atoms with Gasteiger partial charge in [-0.05, 0) is 63.2 Å². The molecule has 0 N–H and O–H groups in total. The Kier molecular flexibility index (Phi) is 13.0. The molecule has 1 aliphatic rings. The largest absolute Gasteiger partial charge is 0.500 e. The van der Waals surface area contributed by atoms with E-state index in [2.05, 4.69) is 66.9 Å². The van der Waals surface area contributed by atoms with Gasteiger partial charge in [0.25, 0.3) is 0 Å². The highest BCUT2D eigenvalue weighted by atomic mass is 28.4. The van der Waals surface area contributed by atoms with Crippen LogP contribution in [0.15, 0.2) is 0 Å². The molecule has 1 aliphatic carbocycles. The van der Waals surface area contributed by atoms with Gasteiger partial charge in [-0.25, -0.2) is 0 Å². The maximum atomic E-state index is 6.15. The summed E-state index contributed by atoms with van der Waals surface area (Å²) in [6.45, 7) is 24.4. The Balaban J connectivity index is 3.14. The minimum atomic E-state index is -2.56. The summed E-state index contributed by atoms with van der Waals surface area (Å²) in [5, 5.41) is 0. The van der Waals surface area contributed by atoms with E-state index >= 15 is 0 Å². The van der Waals surface area contributed by atoms with Gasteiger partial charge in [0.15, 0.2) is 0 Å². The van der Waals surface area contributed by atoms with Crippen LogP contribution in [0.2, 0.25) is 22.7 Å². The van der Waals surface area contributed by atoms with E-state index in [4.69, 9.17) is 13.3 Å². The van der Waals surface area contributed by atoms with E-state index in [9.17, 15) is 0 Å². The van der Waals surface area contributed by atoms with Crippen molar-refractivity contribution in [2.45, 2.75) is 130 Å². The molecule has 1 fully saturated rings. The second kappa shape index (κ2) is 13.7. The molecule has 0 radical (unpaired) electrons. The summed E-state index contributed by atoms with van der Waals surface area (Å²) in [7, 11) is -4.23. The summed E-state index contributed by atoms with van der Waals surface area (Å²) in [4.78, 5) is 0. The molecule has 30 heavy (non-hydrogen) atoms. The van der Waals surface area contributed by atoms with Crippen LogP contribution in [-0.4, -0.2) is 54.0 Å². The van der Waals surface area contributed by atoms with Crippen LogP contribution in [0.25, 0.3) is 0 Å². The first kappa shape index (κ1) is 28.3. The fourth-order valence-corrected chi connectivity index (χ4v) is 16.6. The zero-order chi connectivity index (χ0) is 22.8. The van der Waals surface area contributed by atoms with E-state index in [0.717, 1.165) is 35.1 Å². The van der Waals surface area contributed by atoms with Crippen molar-refractivity contribution in [3.05, 3.63) is 0 Å². The number of rotatable bonds is 15. The predicted octanol–water partition coefficient (Wildman–Crippen LogP) is 7.24. The van der Waals surface area contributed by atoms with Gasteiger partial charge in [-0.15, -0.1) is 0 Å². The molecule has 0 aromatic rings. The monoisotopic (exact) mass is 459 g/mol. The van der Waals surface area contributed by atoms with Crippen LogP contribution in [0.5, 0.6) is 0 Å². The van der Waals surface area contributed by atoms with Gasteiger partial charge in [0.1, 0.15) is 8.24 Å². The van der Waals surface area contributed by atoms with Crippen LogP contribution in [0, 0.1) is 0 Å². The van der Waals surface area contributed by atoms with Crippen molar-refractivity contribution in [1.82, 2.24) is 4.57 Å². The number of nitrogens with zero attached hydrogens (tertiary/aromatic N) is 1. The van der Waals surface area contributed by atoms with Gasteiger partial charge in [0, 0.05) is 31.9 Å². The first-order chi connectivity index (χ1) is 14.2. The lowest BCUT2D eigenvalue weighted by Crippen LogP contribution is -2.64. The fourth-order valence-electron chi connectivity index (χ4n) is 6.55. The third-order valence-electron chi connectivity index (χ3n) is 7.26. The smallest absolute Gasteiger partial charge is 0.374 e. The lowest BCUT2D eigenvalue weighted by molar-refractivity contribution is 0.0699. The highest BCUT2D eigenvalue weighted by Crippen LogP contribution is 2.46. The van der Waals surface area contributed by atoms with E-state index in [-0.39, 0.29) is 0 Å². The Bertz CT molecular complexity index is 415. The van der Waals surface area contributed by atoms with Crippen molar-refractivity contribution in [2.75, 3.05) is 26.4 Å². The van der Waals surface area contributed by atoms with Gasteiger partial charge < -0.3 is 17.8 Å². The van der Waals surface area contributed by atoms with E-state index in [1.165, 1.54) is 38.6 Å². The lowest BCUT2D eigenvalue weighted by atomic mass is 9.95. The summed E-state index contributed by atoms with van der Waals surface area (Å²) in [5.74, 6) is 0. The summed E-state index contributed by atoms with van der Waals surface area (Å²) in [6, 6.07) is 1.70. The molecule has 1 saturated carbocycles. The molecule has 180 valence electrons. The molecule has 0 aromatic heterocycles. The molecule has 4 nitrogen and oxygen atoms in total. The maximum absolute atomic E-state index is 6.15.